The number of nitrogens with zero attached hydrogens (tertiary/aromatic N) is 3. The highest BCUT2D eigenvalue weighted by molar-refractivity contribution is 7.99. The van der Waals surface area contributed by atoms with Gasteiger partial charge in [-0.15, -0.1) is 10.2 Å². The highest BCUT2D eigenvalue weighted by Gasteiger charge is 2.15. The van der Waals surface area contributed by atoms with E-state index in [1.54, 1.807) is 26.4 Å². The minimum atomic E-state index is -0.0264. The lowest BCUT2D eigenvalue weighted by Gasteiger charge is -2.08. The molecule has 0 bridgehead atoms. The van der Waals surface area contributed by atoms with E-state index < -0.39 is 0 Å². The molecule has 2 aromatic carbocycles. The molecule has 0 saturated heterocycles. The lowest BCUT2D eigenvalue weighted by Crippen LogP contribution is -2.07. The van der Waals surface area contributed by atoms with E-state index in [9.17, 15) is 4.79 Å². The number of ether oxygens (including phenoxy) is 3. The van der Waals surface area contributed by atoms with Gasteiger partial charge in [0.05, 0.1) is 25.5 Å². The molecule has 8 heteroatoms. The summed E-state index contributed by atoms with van der Waals surface area (Å²) in [5, 5.41) is 8.96. The van der Waals surface area contributed by atoms with Gasteiger partial charge in [-0.1, -0.05) is 23.9 Å². The van der Waals surface area contributed by atoms with Crippen LogP contribution in [0.1, 0.15) is 16.2 Å². The zero-order chi connectivity index (χ0) is 19.9. The van der Waals surface area contributed by atoms with Crippen LogP contribution in [0.2, 0.25) is 0 Å². The van der Waals surface area contributed by atoms with Gasteiger partial charge in [0, 0.05) is 7.05 Å². The molecule has 0 atom stereocenters. The predicted octanol–water partition coefficient (Wildman–Crippen LogP) is 3.39. The van der Waals surface area contributed by atoms with Crippen LogP contribution in [0.15, 0.2) is 53.7 Å². The second kappa shape index (κ2) is 9.27. The quantitative estimate of drug-likeness (QED) is 0.403. The van der Waals surface area contributed by atoms with Crippen LogP contribution < -0.4 is 14.2 Å². The standard InChI is InChI=1S/C20H21N3O4S/c1-23-19(12-27-15-10-8-14(25-2)9-11-15)21-22-20(23)28-13-17(24)16-6-4-5-7-18(16)26-3/h4-11H,12-13H2,1-3H3. The molecule has 0 fully saturated rings. The van der Waals surface area contributed by atoms with Crippen molar-refractivity contribution >= 4 is 17.5 Å². The van der Waals surface area contributed by atoms with Crippen molar-refractivity contribution in [2.75, 3.05) is 20.0 Å². The van der Waals surface area contributed by atoms with E-state index in [1.807, 2.05) is 48.0 Å². The first-order chi connectivity index (χ1) is 13.6. The normalized spacial score (nSPS) is 10.5. The molecule has 0 spiro atoms. The summed E-state index contributed by atoms with van der Waals surface area (Å²) in [4.78, 5) is 12.5. The number of carbonyl (C=O) groups is 1. The third-order valence-electron chi connectivity index (χ3n) is 4.09. The van der Waals surface area contributed by atoms with Crippen molar-refractivity contribution in [2.24, 2.45) is 7.05 Å². The third-order valence-corrected chi connectivity index (χ3v) is 5.11. The highest BCUT2D eigenvalue weighted by atomic mass is 32.2. The molecule has 0 amide bonds. The number of hydrogen-bond acceptors (Lipinski definition) is 7. The van der Waals surface area contributed by atoms with Crippen molar-refractivity contribution in [3.8, 4) is 17.2 Å². The van der Waals surface area contributed by atoms with Crippen molar-refractivity contribution in [1.82, 2.24) is 14.8 Å². The number of thioether (sulfide) groups is 1. The lowest BCUT2D eigenvalue weighted by molar-refractivity contribution is 0.101. The molecule has 0 aliphatic rings. The van der Waals surface area contributed by atoms with Crippen LogP contribution in [0.5, 0.6) is 17.2 Å². The van der Waals surface area contributed by atoms with Gasteiger partial charge in [0.15, 0.2) is 16.8 Å². The Bertz CT molecular complexity index is 941. The number of ketones is 1. The molecule has 0 saturated carbocycles. The van der Waals surface area contributed by atoms with Crippen molar-refractivity contribution in [3.63, 3.8) is 0 Å². The molecule has 28 heavy (non-hydrogen) atoms. The monoisotopic (exact) mass is 399 g/mol. The summed E-state index contributed by atoms with van der Waals surface area (Å²) in [7, 11) is 5.02. The molecule has 3 rings (SSSR count). The van der Waals surface area contributed by atoms with Crippen LogP contribution in [-0.2, 0) is 13.7 Å². The van der Waals surface area contributed by atoms with Crippen LogP contribution in [0.3, 0.4) is 0 Å². The number of carbonyl (C=O) groups excluding carboxylic acids is 1. The zero-order valence-electron chi connectivity index (χ0n) is 15.9. The smallest absolute Gasteiger partial charge is 0.191 e. The summed E-state index contributed by atoms with van der Waals surface area (Å²) < 4.78 is 17.9. The van der Waals surface area contributed by atoms with Crippen LogP contribution >= 0.6 is 11.8 Å². The summed E-state index contributed by atoms with van der Waals surface area (Å²) in [5.41, 5.74) is 0.558. The lowest BCUT2D eigenvalue weighted by atomic mass is 10.1. The molecule has 7 nitrogen and oxygen atoms in total. The summed E-state index contributed by atoms with van der Waals surface area (Å²) in [6, 6.07) is 14.5. The van der Waals surface area contributed by atoms with Gasteiger partial charge < -0.3 is 18.8 Å². The fraction of sp³-hybridized carbons (Fsp3) is 0.250. The zero-order valence-corrected chi connectivity index (χ0v) is 16.7. The van der Waals surface area contributed by atoms with Crippen LogP contribution in [0.4, 0.5) is 0 Å². The van der Waals surface area contributed by atoms with Crippen LogP contribution in [0, 0.1) is 0 Å². The first-order valence-electron chi connectivity index (χ1n) is 8.56. The van der Waals surface area contributed by atoms with Gasteiger partial charge in [-0.2, -0.15) is 0 Å². The number of methoxy groups -OCH3 is 2. The molecule has 0 N–H and O–H groups in total. The predicted molar refractivity (Wildman–Crippen MR) is 106 cm³/mol. The molecular formula is C20H21N3O4S. The summed E-state index contributed by atoms with van der Waals surface area (Å²) >= 11 is 1.33. The average Bonchev–Trinajstić information content (AvgIpc) is 3.10. The van der Waals surface area contributed by atoms with E-state index in [0.717, 1.165) is 5.75 Å². The number of Topliss-reactive ketones (excluding diaryl/α,β-unsaturated/α-hetero) is 1. The van der Waals surface area contributed by atoms with Gasteiger partial charge >= 0.3 is 0 Å². The van der Waals surface area contributed by atoms with Crippen molar-refractivity contribution in [2.45, 2.75) is 11.8 Å². The Kier molecular flexibility index (Phi) is 6.54. The van der Waals surface area contributed by atoms with Crippen LogP contribution in [-0.4, -0.2) is 40.5 Å². The molecule has 146 valence electrons. The molecule has 0 unspecified atom stereocenters. The molecule has 3 aromatic rings. The summed E-state index contributed by atoms with van der Waals surface area (Å²) in [5.74, 6) is 2.93. The Labute approximate surface area is 167 Å². The minimum Gasteiger partial charge on any atom is -0.497 e. The van der Waals surface area contributed by atoms with Crippen molar-refractivity contribution in [3.05, 3.63) is 59.9 Å². The summed E-state index contributed by atoms with van der Waals surface area (Å²) in [6.07, 6.45) is 0. The van der Waals surface area contributed by atoms with Crippen molar-refractivity contribution in [1.29, 1.82) is 0 Å². The summed E-state index contributed by atoms with van der Waals surface area (Å²) in [6.45, 7) is 0.275. The van der Waals surface area contributed by atoms with Gasteiger partial charge in [-0.25, -0.2) is 0 Å². The molecule has 0 aliphatic heterocycles. The molecule has 0 aliphatic carbocycles. The SMILES string of the molecule is COc1ccc(OCc2nnc(SCC(=O)c3ccccc3OC)n2C)cc1. The highest BCUT2D eigenvalue weighted by Crippen LogP contribution is 2.23. The number of rotatable bonds is 9. The van der Waals surface area contributed by atoms with Gasteiger partial charge in [-0.3, -0.25) is 4.79 Å². The maximum Gasteiger partial charge on any atom is 0.191 e. The Balaban J connectivity index is 1.58. The molecule has 1 heterocycles. The van der Waals surface area contributed by atoms with Gasteiger partial charge in [0.2, 0.25) is 0 Å². The molecule has 1 aromatic heterocycles. The second-order valence-electron chi connectivity index (χ2n) is 5.83. The number of benzene rings is 2. The second-order valence-corrected chi connectivity index (χ2v) is 6.78. The Morgan fingerprint density at radius 2 is 1.71 bits per heavy atom. The molecule has 0 radical (unpaired) electrons. The van der Waals surface area contributed by atoms with Gasteiger partial charge in [0.1, 0.15) is 23.9 Å². The van der Waals surface area contributed by atoms with E-state index in [-0.39, 0.29) is 18.1 Å². The largest absolute Gasteiger partial charge is 0.497 e. The van der Waals surface area contributed by atoms with E-state index in [1.165, 1.54) is 11.8 Å². The maximum atomic E-state index is 12.5. The van der Waals surface area contributed by atoms with E-state index >= 15 is 0 Å². The van der Waals surface area contributed by atoms with Gasteiger partial charge in [-0.05, 0) is 36.4 Å². The fourth-order valence-corrected chi connectivity index (χ4v) is 3.31. The molecular weight excluding hydrogens is 378 g/mol. The van der Waals surface area contributed by atoms with Gasteiger partial charge in [0.25, 0.3) is 0 Å². The van der Waals surface area contributed by atoms with E-state index in [2.05, 4.69) is 10.2 Å². The Hall–Kier alpha value is -3.00. The average molecular weight is 399 g/mol. The Morgan fingerprint density at radius 1 is 1.00 bits per heavy atom. The van der Waals surface area contributed by atoms with E-state index in [4.69, 9.17) is 14.2 Å². The van der Waals surface area contributed by atoms with Crippen molar-refractivity contribution < 1.29 is 19.0 Å². The maximum absolute atomic E-state index is 12.5. The first-order valence-corrected chi connectivity index (χ1v) is 9.55. The number of para-hydroxylation sites is 1. The Morgan fingerprint density at radius 3 is 2.43 bits per heavy atom. The minimum absolute atomic E-state index is 0.0264. The van der Waals surface area contributed by atoms with E-state index in [0.29, 0.717) is 28.0 Å². The fourth-order valence-electron chi connectivity index (χ4n) is 2.50. The van der Waals surface area contributed by atoms with Crippen LogP contribution in [0.25, 0.3) is 0 Å². The third kappa shape index (κ3) is 4.64. The number of hydrogen-bond donors (Lipinski definition) is 0. The topological polar surface area (TPSA) is 75.5 Å². The first kappa shape index (κ1) is 19.8. The number of aromatic nitrogens is 3.